The van der Waals surface area contributed by atoms with E-state index in [-0.39, 0.29) is 11.4 Å². The molecule has 3 atom stereocenters. The molecular weight excluding hydrogens is 351 g/mol. The molecule has 2 rings (SSSR count). The number of aliphatic hydroxyl groups excluding tert-OH is 1. The highest BCUT2D eigenvalue weighted by Crippen LogP contribution is 2.57. The van der Waals surface area contributed by atoms with Gasteiger partial charge in [-0.15, -0.1) is 0 Å². The summed E-state index contributed by atoms with van der Waals surface area (Å²) in [7, 11) is 0. The molecule has 1 aliphatic rings. The Hall–Kier alpha value is 0.460. The molecule has 18 heavy (non-hydrogen) atoms. The summed E-state index contributed by atoms with van der Waals surface area (Å²) in [6, 6.07) is 7.82. The van der Waals surface area contributed by atoms with Gasteiger partial charge in [-0.3, -0.25) is 0 Å². The van der Waals surface area contributed by atoms with Crippen molar-refractivity contribution >= 4 is 44.9 Å². The van der Waals surface area contributed by atoms with Crippen LogP contribution in [-0.4, -0.2) is 16.5 Å². The summed E-state index contributed by atoms with van der Waals surface area (Å²) in [5, 5.41) is 10.00. The lowest BCUT2D eigenvalue weighted by atomic mass is 9.97. The van der Waals surface area contributed by atoms with Gasteiger partial charge in [0.1, 0.15) is 11.4 Å². The topological polar surface area (TPSA) is 37.3 Å². The fourth-order valence-corrected chi connectivity index (χ4v) is 7.99. The van der Waals surface area contributed by atoms with E-state index in [4.69, 9.17) is 0 Å². The molecule has 1 N–H and O–H groups in total. The number of hydrogen-bond donors (Lipinski definition) is 1. The van der Waals surface area contributed by atoms with Crippen LogP contribution in [-0.2, 0) is 4.57 Å². The quantitative estimate of drug-likeness (QED) is 0.740. The lowest BCUT2D eigenvalue weighted by Gasteiger charge is -2.22. The van der Waals surface area contributed by atoms with Crippen LogP contribution in [0.15, 0.2) is 33.6 Å². The molecule has 0 heterocycles. The molecule has 0 radical (unpaired) electrons. The molecule has 0 bridgehead atoms. The summed E-state index contributed by atoms with van der Waals surface area (Å²) in [5.41, 5.74) is 0. The predicted molar refractivity (Wildman–Crippen MR) is 83.5 cm³/mol. The van der Waals surface area contributed by atoms with Gasteiger partial charge >= 0.3 is 6.20 Å². The van der Waals surface area contributed by atoms with Crippen molar-refractivity contribution in [2.45, 2.75) is 41.9 Å². The third-order valence-electron chi connectivity index (χ3n) is 2.88. The minimum Gasteiger partial charge on any atom is -0.392 e. The van der Waals surface area contributed by atoms with Gasteiger partial charge in [0.25, 0.3) is 0 Å². The first kappa shape index (κ1) is 14.9. The molecule has 1 aliphatic carbocycles. The SMILES string of the molecule is O=[P+](Sc1ccc(Br)cc1)SC1CCCC[C@H]1O. The third-order valence-corrected chi connectivity index (χ3v) is 8.89. The van der Waals surface area contributed by atoms with Gasteiger partial charge in [0.05, 0.1) is 16.2 Å². The summed E-state index contributed by atoms with van der Waals surface area (Å²) in [6.07, 6.45) is 2.37. The molecule has 1 saturated carbocycles. The van der Waals surface area contributed by atoms with Gasteiger partial charge in [-0.2, -0.15) is 0 Å². The Labute approximate surface area is 125 Å². The molecule has 0 saturated heterocycles. The molecule has 0 spiro atoms. The summed E-state index contributed by atoms with van der Waals surface area (Å²) in [6.45, 7) is 0. The Bertz CT molecular complexity index is 413. The minimum atomic E-state index is -1.41. The van der Waals surface area contributed by atoms with E-state index in [0.717, 1.165) is 35.1 Å². The van der Waals surface area contributed by atoms with Crippen LogP contribution < -0.4 is 0 Å². The van der Waals surface area contributed by atoms with Crippen molar-refractivity contribution < 1.29 is 9.67 Å². The summed E-state index contributed by atoms with van der Waals surface area (Å²) in [5.74, 6) is 0. The van der Waals surface area contributed by atoms with Crippen molar-refractivity contribution in [2.75, 3.05) is 0 Å². The molecule has 1 fully saturated rings. The first-order valence-electron chi connectivity index (χ1n) is 5.91. The maximum atomic E-state index is 12.1. The van der Waals surface area contributed by atoms with Crippen LogP contribution in [0.25, 0.3) is 0 Å². The second kappa shape index (κ2) is 7.30. The smallest absolute Gasteiger partial charge is 0.392 e. The summed E-state index contributed by atoms with van der Waals surface area (Å²) in [4.78, 5) is 1.01. The predicted octanol–water partition coefficient (Wildman–Crippen LogP) is 5.24. The Morgan fingerprint density at radius 2 is 1.89 bits per heavy atom. The van der Waals surface area contributed by atoms with E-state index < -0.39 is 6.20 Å². The maximum Gasteiger partial charge on any atom is 0.489 e. The van der Waals surface area contributed by atoms with Gasteiger partial charge in [0.15, 0.2) is 11.4 Å². The van der Waals surface area contributed by atoms with Crippen LogP contribution in [0.5, 0.6) is 0 Å². The molecule has 2 nitrogen and oxygen atoms in total. The Balaban J connectivity index is 1.86. The van der Waals surface area contributed by atoms with E-state index in [1.807, 2.05) is 24.3 Å². The van der Waals surface area contributed by atoms with Crippen molar-refractivity contribution in [3.63, 3.8) is 0 Å². The summed E-state index contributed by atoms with van der Waals surface area (Å²) < 4.78 is 13.1. The number of halogens is 1. The van der Waals surface area contributed by atoms with Crippen LogP contribution in [0.3, 0.4) is 0 Å². The Morgan fingerprint density at radius 3 is 2.56 bits per heavy atom. The van der Waals surface area contributed by atoms with Crippen molar-refractivity contribution in [3.8, 4) is 0 Å². The lowest BCUT2D eigenvalue weighted by molar-refractivity contribution is 0.137. The normalized spacial score (nSPS) is 24.9. The standard InChI is InChI=1S/C12H15BrO2PS2/c13-9-5-7-10(8-6-9)17-16(15)18-12-4-2-1-3-11(12)14/h5-8,11-12,14H,1-4H2/q+1/t11-,12?/m1/s1. The highest BCUT2D eigenvalue weighted by Gasteiger charge is 2.34. The first-order chi connectivity index (χ1) is 8.65. The highest BCUT2D eigenvalue weighted by molar-refractivity contribution is 9.10. The van der Waals surface area contributed by atoms with Crippen LogP contribution in [0.4, 0.5) is 0 Å². The summed E-state index contributed by atoms with van der Waals surface area (Å²) >= 11 is 6.21. The van der Waals surface area contributed by atoms with Crippen molar-refractivity contribution in [3.05, 3.63) is 28.7 Å². The van der Waals surface area contributed by atoms with E-state index in [9.17, 15) is 9.67 Å². The first-order valence-corrected chi connectivity index (χ1v) is 10.9. The monoisotopic (exact) mass is 365 g/mol. The van der Waals surface area contributed by atoms with Crippen LogP contribution >= 0.6 is 44.9 Å². The van der Waals surface area contributed by atoms with E-state index in [2.05, 4.69) is 15.9 Å². The fourth-order valence-electron chi connectivity index (χ4n) is 1.91. The van der Waals surface area contributed by atoms with Crippen LogP contribution in [0, 0.1) is 0 Å². The molecular formula is C12H15BrO2PS2+. The number of benzene rings is 1. The minimum absolute atomic E-state index is 0.144. The largest absolute Gasteiger partial charge is 0.489 e. The van der Waals surface area contributed by atoms with Gasteiger partial charge < -0.3 is 5.11 Å². The van der Waals surface area contributed by atoms with Gasteiger partial charge in [-0.1, -0.05) is 28.8 Å². The van der Waals surface area contributed by atoms with E-state index in [0.29, 0.717) is 0 Å². The molecule has 1 aromatic carbocycles. The molecule has 0 aliphatic heterocycles. The van der Waals surface area contributed by atoms with Crippen LogP contribution in [0.1, 0.15) is 25.7 Å². The molecule has 2 unspecified atom stereocenters. The Kier molecular flexibility index (Phi) is 6.02. The molecule has 98 valence electrons. The molecule has 0 amide bonds. The number of rotatable bonds is 4. The zero-order chi connectivity index (χ0) is 13.0. The van der Waals surface area contributed by atoms with Crippen molar-refractivity contribution in [1.82, 2.24) is 0 Å². The molecule has 0 aromatic heterocycles. The van der Waals surface area contributed by atoms with Gasteiger partial charge in [-0.25, -0.2) is 0 Å². The molecule has 6 heteroatoms. The van der Waals surface area contributed by atoms with Crippen LogP contribution in [0.2, 0.25) is 0 Å². The fraction of sp³-hybridized carbons (Fsp3) is 0.500. The van der Waals surface area contributed by atoms with Crippen molar-refractivity contribution in [2.24, 2.45) is 0 Å². The zero-order valence-corrected chi connectivity index (χ0v) is 13.9. The van der Waals surface area contributed by atoms with Gasteiger partial charge in [-0.05, 0) is 41.7 Å². The van der Waals surface area contributed by atoms with Gasteiger partial charge in [0.2, 0.25) is 0 Å². The molecule has 1 aromatic rings. The second-order valence-corrected chi connectivity index (χ2v) is 11.0. The number of hydrogen-bond acceptors (Lipinski definition) is 4. The third kappa shape index (κ3) is 4.53. The zero-order valence-electron chi connectivity index (χ0n) is 9.79. The van der Waals surface area contributed by atoms with Gasteiger partial charge in [0, 0.05) is 4.47 Å². The Morgan fingerprint density at radius 1 is 1.22 bits per heavy atom. The maximum absolute atomic E-state index is 12.1. The van der Waals surface area contributed by atoms with E-state index in [1.165, 1.54) is 22.8 Å². The second-order valence-electron chi connectivity index (χ2n) is 4.26. The van der Waals surface area contributed by atoms with E-state index >= 15 is 0 Å². The highest BCUT2D eigenvalue weighted by atomic mass is 79.9. The van der Waals surface area contributed by atoms with Crippen molar-refractivity contribution in [1.29, 1.82) is 0 Å². The number of aliphatic hydroxyl groups is 1. The lowest BCUT2D eigenvalue weighted by Crippen LogP contribution is -2.25. The average Bonchev–Trinajstić information content (AvgIpc) is 2.35. The average molecular weight is 366 g/mol. The van der Waals surface area contributed by atoms with E-state index in [1.54, 1.807) is 0 Å².